The lowest BCUT2D eigenvalue weighted by atomic mass is 9.95. The third-order valence-corrected chi connectivity index (χ3v) is 2.28. The highest BCUT2D eigenvalue weighted by Gasteiger charge is 2.33. The molecule has 2 unspecified atom stereocenters. The summed E-state index contributed by atoms with van der Waals surface area (Å²) in [5.74, 6) is 0. The van der Waals surface area contributed by atoms with Crippen LogP contribution in [-0.4, -0.2) is 29.5 Å². The van der Waals surface area contributed by atoms with Gasteiger partial charge >= 0.3 is 6.18 Å². The van der Waals surface area contributed by atoms with Gasteiger partial charge in [0.1, 0.15) is 0 Å². The van der Waals surface area contributed by atoms with E-state index in [2.05, 4.69) is 5.32 Å². The van der Waals surface area contributed by atoms with E-state index < -0.39 is 24.2 Å². The standard InChI is InChI=1S/C10H20F3NO/c1-4-5-9(3,7-15)14-8(2)6-10(11,12)13/h8,14-15H,4-7H2,1-3H3. The number of rotatable bonds is 6. The molecule has 5 heteroatoms. The largest absolute Gasteiger partial charge is 0.394 e. The van der Waals surface area contributed by atoms with Gasteiger partial charge in [0, 0.05) is 11.6 Å². The summed E-state index contributed by atoms with van der Waals surface area (Å²) in [5, 5.41) is 12.0. The van der Waals surface area contributed by atoms with Gasteiger partial charge in [-0.3, -0.25) is 0 Å². The lowest BCUT2D eigenvalue weighted by Crippen LogP contribution is -2.50. The summed E-state index contributed by atoms with van der Waals surface area (Å²) >= 11 is 0. The van der Waals surface area contributed by atoms with Crippen molar-refractivity contribution in [2.75, 3.05) is 6.61 Å². The molecule has 0 aliphatic heterocycles. The van der Waals surface area contributed by atoms with Crippen molar-refractivity contribution in [3.8, 4) is 0 Å². The van der Waals surface area contributed by atoms with Crippen molar-refractivity contribution in [2.45, 2.75) is 57.8 Å². The van der Waals surface area contributed by atoms with Crippen LogP contribution in [0, 0.1) is 0 Å². The van der Waals surface area contributed by atoms with Gasteiger partial charge in [0.05, 0.1) is 13.0 Å². The zero-order valence-electron chi connectivity index (χ0n) is 9.49. The summed E-state index contributed by atoms with van der Waals surface area (Å²) < 4.78 is 36.2. The van der Waals surface area contributed by atoms with Crippen LogP contribution in [0.3, 0.4) is 0 Å². The van der Waals surface area contributed by atoms with Crippen LogP contribution in [0.25, 0.3) is 0 Å². The minimum absolute atomic E-state index is 0.150. The van der Waals surface area contributed by atoms with Crippen LogP contribution in [0.2, 0.25) is 0 Å². The number of halogens is 3. The van der Waals surface area contributed by atoms with Gasteiger partial charge in [-0.05, 0) is 20.3 Å². The first-order valence-corrected chi connectivity index (χ1v) is 5.18. The zero-order valence-corrected chi connectivity index (χ0v) is 9.49. The molecule has 15 heavy (non-hydrogen) atoms. The lowest BCUT2D eigenvalue weighted by Gasteiger charge is -2.32. The van der Waals surface area contributed by atoms with E-state index >= 15 is 0 Å². The average molecular weight is 227 g/mol. The lowest BCUT2D eigenvalue weighted by molar-refractivity contribution is -0.140. The Morgan fingerprint density at radius 3 is 2.20 bits per heavy atom. The van der Waals surface area contributed by atoms with Crippen LogP contribution < -0.4 is 5.32 Å². The molecule has 0 aliphatic rings. The van der Waals surface area contributed by atoms with Crippen molar-refractivity contribution >= 4 is 0 Å². The van der Waals surface area contributed by atoms with Crippen molar-refractivity contribution in [3.05, 3.63) is 0 Å². The van der Waals surface area contributed by atoms with Crippen LogP contribution in [-0.2, 0) is 0 Å². The Labute approximate surface area is 88.9 Å². The first kappa shape index (κ1) is 14.7. The molecule has 0 aromatic heterocycles. The van der Waals surface area contributed by atoms with E-state index in [0.29, 0.717) is 6.42 Å². The van der Waals surface area contributed by atoms with Gasteiger partial charge in [0.25, 0.3) is 0 Å². The normalized spacial score (nSPS) is 18.6. The number of aliphatic hydroxyl groups is 1. The van der Waals surface area contributed by atoms with Gasteiger partial charge in [-0.25, -0.2) is 0 Å². The van der Waals surface area contributed by atoms with Crippen LogP contribution in [0.5, 0.6) is 0 Å². The second-order valence-corrected chi connectivity index (χ2v) is 4.33. The smallest absolute Gasteiger partial charge is 0.390 e. The third-order valence-electron chi connectivity index (χ3n) is 2.28. The number of alkyl halides is 3. The molecule has 0 aromatic rings. The van der Waals surface area contributed by atoms with Crippen molar-refractivity contribution in [2.24, 2.45) is 0 Å². The summed E-state index contributed by atoms with van der Waals surface area (Å²) in [4.78, 5) is 0. The van der Waals surface area contributed by atoms with Gasteiger partial charge in [-0.1, -0.05) is 13.3 Å². The van der Waals surface area contributed by atoms with Gasteiger partial charge in [0.2, 0.25) is 0 Å². The molecule has 0 spiro atoms. The van der Waals surface area contributed by atoms with E-state index in [-0.39, 0.29) is 6.61 Å². The summed E-state index contributed by atoms with van der Waals surface area (Å²) in [6.45, 7) is 5.01. The fraction of sp³-hybridized carbons (Fsp3) is 1.00. The minimum Gasteiger partial charge on any atom is -0.394 e. The van der Waals surface area contributed by atoms with Crippen LogP contribution >= 0.6 is 0 Å². The summed E-state index contributed by atoms with van der Waals surface area (Å²) in [6.07, 6.45) is -3.55. The van der Waals surface area contributed by atoms with E-state index in [0.717, 1.165) is 6.42 Å². The fourth-order valence-electron chi connectivity index (χ4n) is 1.74. The fourth-order valence-corrected chi connectivity index (χ4v) is 1.74. The van der Waals surface area contributed by atoms with E-state index in [1.54, 1.807) is 6.92 Å². The van der Waals surface area contributed by atoms with Gasteiger partial charge in [-0.2, -0.15) is 13.2 Å². The molecule has 0 heterocycles. The molecule has 0 amide bonds. The van der Waals surface area contributed by atoms with Crippen molar-refractivity contribution < 1.29 is 18.3 Å². The molecule has 0 fully saturated rings. The van der Waals surface area contributed by atoms with E-state index in [9.17, 15) is 13.2 Å². The third kappa shape index (κ3) is 6.73. The maximum atomic E-state index is 12.1. The molecule has 0 saturated carbocycles. The van der Waals surface area contributed by atoms with Crippen LogP contribution in [0.1, 0.15) is 40.0 Å². The summed E-state index contributed by atoms with van der Waals surface area (Å²) in [6, 6.07) is -0.673. The highest BCUT2D eigenvalue weighted by Crippen LogP contribution is 2.23. The number of hydrogen-bond donors (Lipinski definition) is 2. The maximum absolute atomic E-state index is 12.1. The van der Waals surface area contributed by atoms with E-state index in [1.165, 1.54) is 6.92 Å². The Balaban J connectivity index is 4.18. The first-order chi connectivity index (χ1) is 6.72. The predicted molar refractivity (Wildman–Crippen MR) is 53.7 cm³/mol. The maximum Gasteiger partial charge on any atom is 0.390 e. The summed E-state index contributed by atoms with van der Waals surface area (Å²) in [7, 11) is 0. The molecule has 2 atom stereocenters. The molecule has 0 bridgehead atoms. The van der Waals surface area contributed by atoms with Crippen molar-refractivity contribution in [1.82, 2.24) is 5.32 Å². The van der Waals surface area contributed by atoms with Crippen molar-refractivity contribution in [3.63, 3.8) is 0 Å². The molecule has 0 saturated heterocycles. The highest BCUT2D eigenvalue weighted by atomic mass is 19.4. The molecule has 0 radical (unpaired) electrons. The SMILES string of the molecule is CCCC(C)(CO)NC(C)CC(F)(F)F. The number of nitrogens with one attached hydrogen (secondary N) is 1. The first-order valence-electron chi connectivity index (χ1n) is 5.18. The quantitative estimate of drug-likeness (QED) is 0.730. The zero-order chi connectivity index (χ0) is 12.1. The van der Waals surface area contributed by atoms with Gasteiger partial charge in [0.15, 0.2) is 0 Å². The Morgan fingerprint density at radius 2 is 1.87 bits per heavy atom. The molecular weight excluding hydrogens is 207 g/mol. The Bertz CT molecular complexity index is 184. The van der Waals surface area contributed by atoms with E-state index in [4.69, 9.17) is 5.11 Å². The molecule has 2 nitrogen and oxygen atoms in total. The minimum atomic E-state index is -4.16. The average Bonchev–Trinajstić information content (AvgIpc) is 2.00. The molecule has 0 aliphatic carbocycles. The molecule has 92 valence electrons. The Kier molecular flexibility index (Phi) is 5.59. The Morgan fingerprint density at radius 1 is 1.33 bits per heavy atom. The summed E-state index contributed by atoms with van der Waals surface area (Å²) in [5.41, 5.74) is -0.612. The number of aliphatic hydroxyl groups excluding tert-OH is 1. The predicted octanol–water partition coefficient (Wildman–Crippen LogP) is 2.47. The van der Waals surface area contributed by atoms with Crippen LogP contribution in [0.4, 0.5) is 13.2 Å². The van der Waals surface area contributed by atoms with Gasteiger partial charge in [-0.15, -0.1) is 0 Å². The van der Waals surface area contributed by atoms with Crippen molar-refractivity contribution in [1.29, 1.82) is 0 Å². The molecule has 0 aromatic carbocycles. The Hall–Kier alpha value is -0.290. The second-order valence-electron chi connectivity index (χ2n) is 4.33. The molecular formula is C10H20F3NO. The van der Waals surface area contributed by atoms with Gasteiger partial charge < -0.3 is 10.4 Å². The monoisotopic (exact) mass is 227 g/mol. The number of hydrogen-bond acceptors (Lipinski definition) is 2. The second kappa shape index (κ2) is 5.70. The molecule has 2 N–H and O–H groups in total. The molecule has 0 rings (SSSR count). The van der Waals surface area contributed by atoms with Crippen LogP contribution in [0.15, 0.2) is 0 Å². The van der Waals surface area contributed by atoms with E-state index in [1.807, 2.05) is 6.92 Å². The topological polar surface area (TPSA) is 32.3 Å². The highest BCUT2D eigenvalue weighted by molar-refractivity contribution is 4.85.